The summed E-state index contributed by atoms with van der Waals surface area (Å²) in [6.45, 7) is 6.15. The summed E-state index contributed by atoms with van der Waals surface area (Å²) in [4.78, 5) is 9.81. The number of aromatic nitrogens is 2. The van der Waals surface area contributed by atoms with E-state index in [0.29, 0.717) is 26.3 Å². The van der Waals surface area contributed by atoms with Gasteiger partial charge in [-0.2, -0.15) is 0 Å². The molecule has 0 aliphatic carbocycles. The third kappa shape index (κ3) is 5.80. The number of aliphatic hydroxyl groups is 1. The highest BCUT2D eigenvalue weighted by atomic mass is 32.1. The van der Waals surface area contributed by atoms with E-state index in [2.05, 4.69) is 15.3 Å². The molecule has 0 aliphatic rings. The molecule has 116 valence electrons. The Morgan fingerprint density at radius 3 is 2.90 bits per heavy atom. The van der Waals surface area contributed by atoms with Gasteiger partial charge in [0.2, 0.25) is 0 Å². The van der Waals surface area contributed by atoms with Crippen LogP contribution in [0.2, 0.25) is 0 Å². The quantitative estimate of drug-likeness (QED) is 0.689. The second-order valence-corrected chi connectivity index (χ2v) is 6.74. The monoisotopic (exact) mass is 327 g/mol. The van der Waals surface area contributed by atoms with Crippen molar-refractivity contribution in [1.29, 1.82) is 0 Å². The van der Waals surface area contributed by atoms with Crippen molar-refractivity contribution in [1.82, 2.24) is 15.3 Å². The standard InChI is InChI=1S/C14H21N3O2S2/c1-10-8-20-14(17-10)6-15-5-12(18)7-19-4-3-13-11(2)16-9-21-13/h8-9,12,15,18H,3-7H2,1-2H3. The highest BCUT2D eigenvalue weighted by Gasteiger charge is 2.06. The fourth-order valence-corrected chi connectivity index (χ4v) is 3.34. The Hall–Kier alpha value is -0.860. The summed E-state index contributed by atoms with van der Waals surface area (Å²) in [5.74, 6) is 0. The van der Waals surface area contributed by atoms with E-state index in [9.17, 15) is 5.11 Å². The number of hydrogen-bond acceptors (Lipinski definition) is 7. The smallest absolute Gasteiger partial charge is 0.107 e. The summed E-state index contributed by atoms with van der Waals surface area (Å²) >= 11 is 3.28. The first-order valence-electron chi connectivity index (χ1n) is 6.91. The van der Waals surface area contributed by atoms with Crippen molar-refractivity contribution in [2.45, 2.75) is 32.9 Å². The van der Waals surface area contributed by atoms with E-state index >= 15 is 0 Å². The predicted molar refractivity (Wildman–Crippen MR) is 85.9 cm³/mol. The minimum atomic E-state index is -0.492. The number of ether oxygens (including phenoxy) is 1. The molecule has 0 aromatic carbocycles. The van der Waals surface area contributed by atoms with Crippen LogP contribution in [-0.2, 0) is 17.7 Å². The molecular formula is C14H21N3O2S2. The fraction of sp³-hybridized carbons (Fsp3) is 0.571. The highest BCUT2D eigenvalue weighted by molar-refractivity contribution is 7.09. The molecule has 21 heavy (non-hydrogen) atoms. The van der Waals surface area contributed by atoms with Crippen LogP contribution in [0.5, 0.6) is 0 Å². The summed E-state index contributed by atoms with van der Waals surface area (Å²) in [6, 6.07) is 0. The lowest BCUT2D eigenvalue weighted by atomic mass is 10.3. The van der Waals surface area contributed by atoms with Crippen molar-refractivity contribution in [3.8, 4) is 0 Å². The van der Waals surface area contributed by atoms with Crippen LogP contribution >= 0.6 is 22.7 Å². The van der Waals surface area contributed by atoms with Gasteiger partial charge in [-0.1, -0.05) is 0 Å². The third-order valence-corrected chi connectivity index (χ3v) is 4.91. The zero-order valence-electron chi connectivity index (χ0n) is 12.3. The zero-order valence-corrected chi connectivity index (χ0v) is 14.0. The van der Waals surface area contributed by atoms with Crippen molar-refractivity contribution < 1.29 is 9.84 Å². The molecule has 2 heterocycles. The summed E-state index contributed by atoms with van der Waals surface area (Å²) in [6.07, 6.45) is 0.364. The summed E-state index contributed by atoms with van der Waals surface area (Å²) in [7, 11) is 0. The molecule has 0 radical (unpaired) electrons. The van der Waals surface area contributed by atoms with Crippen molar-refractivity contribution in [3.63, 3.8) is 0 Å². The van der Waals surface area contributed by atoms with E-state index in [1.54, 1.807) is 22.7 Å². The summed E-state index contributed by atoms with van der Waals surface area (Å²) in [5, 5.41) is 16.1. The number of hydrogen-bond donors (Lipinski definition) is 2. The first kappa shape index (κ1) is 16.5. The summed E-state index contributed by atoms with van der Waals surface area (Å²) < 4.78 is 5.51. The number of aliphatic hydroxyl groups excluding tert-OH is 1. The Kier molecular flexibility index (Phi) is 6.72. The van der Waals surface area contributed by atoms with Gasteiger partial charge in [0.05, 0.1) is 30.5 Å². The Morgan fingerprint density at radius 2 is 2.24 bits per heavy atom. The van der Waals surface area contributed by atoms with Gasteiger partial charge < -0.3 is 15.2 Å². The molecule has 0 saturated carbocycles. The van der Waals surface area contributed by atoms with Crippen LogP contribution in [-0.4, -0.2) is 40.9 Å². The molecule has 2 N–H and O–H groups in total. The van der Waals surface area contributed by atoms with Gasteiger partial charge in [0.1, 0.15) is 5.01 Å². The molecule has 2 aromatic heterocycles. The maximum atomic E-state index is 9.83. The first-order chi connectivity index (χ1) is 10.1. The predicted octanol–water partition coefficient (Wildman–Crippen LogP) is 1.93. The Labute approximate surface area is 133 Å². The van der Waals surface area contributed by atoms with E-state index in [-0.39, 0.29) is 0 Å². The molecule has 5 nitrogen and oxygen atoms in total. The molecule has 0 spiro atoms. The lowest BCUT2D eigenvalue weighted by molar-refractivity contribution is 0.0383. The van der Waals surface area contributed by atoms with Crippen LogP contribution in [0, 0.1) is 13.8 Å². The van der Waals surface area contributed by atoms with Crippen molar-refractivity contribution in [2.75, 3.05) is 19.8 Å². The van der Waals surface area contributed by atoms with E-state index in [0.717, 1.165) is 22.8 Å². The van der Waals surface area contributed by atoms with Crippen LogP contribution in [0.1, 0.15) is 21.3 Å². The largest absolute Gasteiger partial charge is 0.389 e. The molecule has 0 saturated heterocycles. The Balaban J connectivity index is 1.53. The average molecular weight is 327 g/mol. The normalized spacial score (nSPS) is 12.7. The third-order valence-electron chi connectivity index (χ3n) is 2.95. The molecule has 0 amide bonds. The first-order valence-corrected chi connectivity index (χ1v) is 8.67. The van der Waals surface area contributed by atoms with Crippen molar-refractivity contribution in [3.05, 3.63) is 32.2 Å². The molecular weight excluding hydrogens is 306 g/mol. The van der Waals surface area contributed by atoms with Crippen LogP contribution in [0.3, 0.4) is 0 Å². The van der Waals surface area contributed by atoms with Crippen molar-refractivity contribution in [2.24, 2.45) is 0 Å². The molecule has 0 fully saturated rings. The van der Waals surface area contributed by atoms with Gasteiger partial charge in [-0.3, -0.25) is 0 Å². The minimum Gasteiger partial charge on any atom is -0.389 e. The van der Waals surface area contributed by atoms with Crippen molar-refractivity contribution >= 4 is 22.7 Å². The second kappa shape index (κ2) is 8.55. The van der Waals surface area contributed by atoms with Crippen LogP contribution in [0.15, 0.2) is 10.9 Å². The topological polar surface area (TPSA) is 67.3 Å². The van der Waals surface area contributed by atoms with Gasteiger partial charge in [0.15, 0.2) is 0 Å². The van der Waals surface area contributed by atoms with Gasteiger partial charge in [0.25, 0.3) is 0 Å². The Bertz CT molecular complexity index is 542. The minimum absolute atomic E-state index is 0.349. The number of rotatable bonds is 9. The number of nitrogens with zero attached hydrogens (tertiary/aromatic N) is 2. The average Bonchev–Trinajstić information content (AvgIpc) is 3.04. The van der Waals surface area contributed by atoms with E-state index in [1.165, 1.54) is 4.88 Å². The van der Waals surface area contributed by atoms with Crippen LogP contribution in [0.25, 0.3) is 0 Å². The van der Waals surface area contributed by atoms with E-state index < -0.39 is 6.10 Å². The summed E-state index contributed by atoms with van der Waals surface area (Å²) in [5.41, 5.74) is 3.97. The van der Waals surface area contributed by atoms with Gasteiger partial charge >= 0.3 is 0 Å². The molecule has 0 bridgehead atoms. The van der Waals surface area contributed by atoms with E-state index in [4.69, 9.17) is 4.74 Å². The molecule has 7 heteroatoms. The SMILES string of the molecule is Cc1csc(CNCC(O)COCCc2scnc2C)n1. The number of nitrogens with one attached hydrogen (secondary N) is 1. The maximum absolute atomic E-state index is 9.83. The zero-order chi connectivity index (χ0) is 15.1. The molecule has 0 aliphatic heterocycles. The lowest BCUT2D eigenvalue weighted by Crippen LogP contribution is -2.30. The van der Waals surface area contributed by atoms with Gasteiger partial charge in [-0.15, -0.1) is 22.7 Å². The highest BCUT2D eigenvalue weighted by Crippen LogP contribution is 2.12. The number of aryl methyl sites for hydroxylation is 2. The Morgan fingerprint density at radius 1 is 1.38 bits per heavy atom. The van der Waals surface area contributed by atoms with Gasteiger partial charge in [-0.05, 0) is 13.8 Å². The number of thiazole rings is 2. The lowest BCUT2D eigenvalue weighted by Gasteiger charge is -2.11. The van der Waals surface area contributed by atoms with Crippen LogP contribution in [0.4, 0.5) is 0 Å². The molecule has 1 atom stereocenters. The van der Waals surface area contributed by atoms with Gasteiger partial charge in [0, 0.05) is 35.5 Å². The van der Waals surface area contributed by atoms with Gasteiger partial charge in [-0.25, -0.2) is 9.97 Å². The van der Waals surface area contributed by atoms with Crippen LogP contribution < -0.4 is 5.32 Å². The maximum Gasteiger partial charge on any atom is 0.107 e. The molecule has 1 unspecified atom stereocenters. The molecule has 2 rings (SSSR count). The second-order valence-electron chi connectivity index (χ2n) is 4.85. The van der Waals surface area contributed by atoms with E-state index in [1.807, 2.05) is 24.7 Å². The molecule has 2 aromatic rings. The fourth-order valence-electron chi connectivity index (χ4n) is 1.84.